The van der Waals surface area contributed by atoms with Crippen LogP contribution in [0.5, 0.6) is 5.75 Å². The number of hydrogen-bond donors (Lipinski definition) is 1. The van der Waals surface area contributed by atoms with Crippen molar-refractivity contribution in [2.24, 2.45) is 0 Å². The first-order valence-electron chi connectivity index (χ1n) is 6.26. The molecule has 0 saturated heterocycles. The number of aliphatic hydroxyl groups is 1. The van der Waals surface area contributed by atoms with E-state index in [0.717, 1.165) is 15.3 Å². The molecule has 0 fully saturated rings. The highest BCUT2D eigenvalue weighted by molar-refractivity contribution is 7.12. The lowest BCUT2D eigenvalue weighted by Gasteiger charge is -2.07. The number of aryl methyl sites for hydroxylation is 1. The molecule has 0 atom stereocenters. The molecule has 104 valence electrons. The Morgan fingerprint density at radius 2 is 2.15 bits per heavy atom. The van der Waals surface area contributed by atoms with E-state index in [1.54, 1.807) is 11.3 Å². The summed E-state index contributed by atoms with van der Waals surface area (Å²) in [5, 5.41) is 9.30. The van der Waals surface area contributed by atoms with E-state index in [1.165, 1.54) is 0 Å². The van der Waals surface area contributed by atoms with Crippen LogP contribution in [0, 0.1) is 18.8 Å². The molecule has 1 heterocycles. The van der Waals surface area contributed by atoms with Crippen LogP contribution in [0.4, 0.5) is 0 Å². The first kappa shape index (κ1) is 14.9. The third-order valence-corrected chi connectivity index (χ3v) is 3.84. The summed E-state index contributed by atoms with van der Waals surface area (Å²) in [6.07, 6.45) is 0.503. The van der Waals surface area contributed by atoms with Crippen molar-refractivity contribution in [1.29, 1.82) is 0 Å². The zero-order chi connectivity index (χ0) is 14.4. The molecule has 0 amide bonds. The van der Waals surface area contributed by atoms with E-state index in [2.05, 4.69) is 11.8 Å². The largest absolute Gasteiger partial charge is 0.487 e. The number of ether oxygens (including phenoxy) is 1. The van der Waals surface area contributed by atoms with Gasteiger partial charge in [0.15, 0.2) is 0 Å². The average Bonchev–Trinajstić information content (AvgIpc) is 2.86. The molecule has 2 nitrogen and oxygen atoms in total. The Kier molecular flexibility index (Phi) is 5.49. The molecule has 0 unspecified atom stereocenters. The molecule has 2 rings (SSSR count). The summed E-state index contributed by atoms with van der Waals surface area (Å²) in [6, 6.07) is 9.70. The van der Waals surface area contributed by atoms with E-state index >= 15 is 0 Å². The summed E-state index contributed by atoms with van der Waals surface area (Å²) in [6.45, 7) is 2.57. The van der Waals surface area contributed by atoms with Gasteiger partial charge in [-0.15, -0.1) is 11.3 Å². The predicted octanol–water partition coefficient (Wildman–Crippen LogP) is 4.02. The number of aliphatic hydroxyl groups excluding tert-OH is 1. The van der Waals surface area contributed by atoms with Crippen molar-refractivity contribution in [2.75, 3.05) is 6.61 Å². The molecule has 0 saturated carbocycles. The van der Waals surface area contributed by atoms with Gasteiger partial charge in [-0.1, -0.05) is 29.5 Å². The zero-order valence-electron chi connectivity index (χ0n) is 11.1. The molecule has 0 aliphatic carbocycles. The number of hydrogen-bond acceptors (Lipinski definition) is 3. The highest BCUT2D eigenvalue weighted by atomic mass is 35.5. The minimum atomic E-state index is 0.0975. The second-order valence-corrected chi connectivity index (χ2v) is 5.84. The fourth-order valence-corrected chi connectivity index (χ4v) is 2.69. The summed E-state index contributed by atoms with van der Waals surface area (Å²) in [4.78, 5) is 2.07. The van der Waals surface area contributed by atoms with E-state index in [9.17, 15) is 0 Å². The van der Waals surface area contributed by atoms with Crippen LogP contribution in [0.1, 0.15) is 21.7 Å². The number of thiophene rings is 1. The van der Waals surface area contributed by atoms with Crippen LogP contribution in [0.15, 0.2) is 30.3 Å². The van der Waals surface area contributed by atoms with Gasteiger partial charge in [0.05, 0.1) is 16.5 Å². The average molecular weight is 307 g/mol. The molecule has 1 aromatic heterocycles. The van der Waals surface area contributed by atoms with Crippen molar-refractivity contribution in [3.8, 4) is 17.6 Å². The highest BCUT2D eigenvalue weighted by Crippen LogP contribution is 2.27. The Morgan fingerprint density at radius 3 is 2.90 bits per heavy atom. The second-order valence-electron chi connectivity index (χ2n) is 4.26. The molecule has 0 bridgehead atoms. The quantitative estimate of drug-likeness (QED) is 0.864. The van der Waals surface area contributed by atoms with Gasteiger partial charge in [-0.05, 0) is 36.8 Å². The normalized spacial score (nSPS) is 9.95. The van der Waals surface area contributed by atoms with Crippen LogP contribution in [0.25, 0.3) is 0 Å². The molecule has 0 spiro atoms. The van der Waals surface area contributed by atoms with Gasteiger partial charge in [-0.25, -0.2) is 0 Å². The van der Waals surface area contributed by atoms with E-state index in [1.807, 2.05) is 37.3 Å². The number of halogens is 1. The lowest BCUT2D eigenvalue weighted by atomic mass is 10.2. The van der Waals surface area contributed by atoms with Gasteiger partial charge < -0.3 is 9.84 Å². The number of rotatable bonds is 4. The van der Waals surface area contributed by atoms with Gasteiger partial charge >= 0.3 is 0 Å². The van der Waals surface area contributed by atoms with Gasteiger partial charge in [0, 0.05) is 11.3 Å². The van der Waals surface area contributed by atoms with Gasteiger partial charge in [-0.3, -0.25) is 0 Å². The third kappa shape index (κ3) is 4.28. The summed E-state index contributed by atoms with van der Waals surface area (Å²) in [7, 11) is 0. The lowest BCUT2D eigenvalue weighted by molar-refractivity contribution is 0.305. The molecule has 2 aromatic rings. The molecule has 4 heteroatoms. The van der Waals surface area contributed by atoms with E-state index in [-0.39, 0.29) is 6.61 Å². The smallest absolute Gasteiger partial charge is 0.138 e. The maximum Gasteiger partial charge on any atom is 0.138 e. The van der Waals surface area contributed by atoms with Crippen molar-refractivity contribution in [1.82, 2.24) is 0 Å². The van der Waals surface area contributed by atoms with Gasteiger partial charge in [-0.2, -0.15) is 0 Å². The molecule has 1 aromatic carbocycles. The Morgan fingerprint density at radius 1 is 1.30 bits per heavy atom. The fourth-order valence-electron chi connectivity index (χ4n) is 1.60. The minimum absolute atomic E-state index is 0.0975. The predicted molar refractivity (Wildman–Crippen MR) is 83.4 cm³/mol. The fraction of sp³-hybridized carbons (Fsp3) is 0.250. The number of benzene rings is 1. The van der Waals surface area contributed by atoms with Crippen molar-refractivity contribution in [3.05, 3.63) is 50.7 Å². The highest BCUT2D eigenvalue weighted by Gasteiger charge is 2.03. The van der Waals surface area contributed by atoms with Crippen molar-refractivity contribution < 1.29 is 9.84 Å². The molecule has 20 heavy (non-hydrogen) atoms. The molecule has 1 N–H and O–H groups in total. The van der Waals surface area contributed by atoms with Crippen LogP contribution in [-0.4, -0.2) is 11.7 Å². The summed E-state index contributed by atoms with van der Waals surface area (Å²) >= 11 is 7.71. The maximum atomic E-state index is 8.67. The van der Waals surface area contributed by atoms with Crippen molar-refractivity contribution >= 4 is 22.9 Å². The molecular formula is C16H15ClO2S. The summed E-state index contributed by atoms with van der Waals surface area (Å²) in [5.74, 6) is 6.61. The first-order valence-corrected chi connectivity index (χ1v) is 7.46. The van der Waals surface area contributed by atoms with E-state index in [4.69, 9.17) is 21.4 Å². The van der Waals surface area contributed by atoms with Crippen LogP contribution < -0.4 is 4.74 Å². The minimum Gasteiger partial charge on any atom is -0.487 e. The summed E-state index contributed by atoms with van der Waals surface area (Å²) in [5.41, 5.74) is 1.11. The third-order valence-electron chi connectivity index (χ3n) is 2.57. The Bertz CT molecular complexity index is 637. The SMILES string of the molecule is Cc1ccc(OCc2ccc(C#CCCO)s2)c(Cl)c1. The Labute approximate surface area is 128 Å². The molecular weight excluding hydrogens is 292 g/mol. The van der Waals surface area contributed by atoms with Crippen LogP contribution in [0.3, 0.4) is 0 Å². The Balaban J connectivity index is 1.96. The maximum absolute atomic E-state index is 8.67. The second kappa shape index (κ2) is 7.35. The molecule has 0 aliphatic rings. The van der Waals surface area contributed by atoms with Crippen LogP contribution >= 0.6 is 22.9 Å². The van der Waals surface area contributed by atoms with Gasteiger partial charge in [0.2, 0.25) is 0 Å². The lowest BCUT2D eigenvalue weighted by Crippen LogP contribution is -1.93. The van der Waals surface area contributed by atoms with Crippen LogP contribution in [-0.2, 0) is 6.61 Å². The standard InChI is InChI=1S/C16H15ClO2S/c1-12-5-8-16(15(17)10-12)19-11-14-7-6-13(20-14)4-2-3-9-18/h5-8,10,18H,3,9,11H2,1H3. The van der Waals surface area contributed by atoms with Gasteiger partial charge in [0.25, 0.3) is 0 Å². The first-order chi connectivity index (χ1) is 9.69. The van der Waals surface area contributed by atoms with Crippen molar-refractivity contribution in [3.63, 3.8) is 0 Å². The van der Waals surface area contributed by atoms with E-state index in [0.29, 0.717) is 23.8 Å². The molecule has 0 radical (unpaired) electrons. The van der Waals surface area contributed by atoms with Gasteiger partial charge in [0.1, 0.15) is 12.4 Å². The van der Waals surface area contributed by atoms with Crippen LogP contribution in [0.2, 0.25) is 5.02 Å². The molecule has 0 aliphatic heterocycles. The van der Waals surface area contributed by atoms with E-state index < -0.39 is 0 Å². The summed E-state index contributed by atoms with van der Waals surface area (Å²) < 4.78 is 5.71. The zero-order valence-corrected chi connectivity index (χ0v) is 12.7. The monoisotopic (exact) mass is 306 g/mol. The van der Waals surface area contributed by atoms with Crippen molar-refractivity contribution in [2.45, 2.75) is 20.0 Å². The Hall–Kier alpha value is -1.47. The topological polar surface area (TPSA) is 29.5 Å².